The maximum atomic E-state index is 5.62. The lowest BCUT2D eigenvalue weighted by Crippen LogP contribution is -2.33. The molecular weight excluding hydrogens is 234 g/mol. The highest BCUT2D eigenvalue weighted by Gasteiger charge is 2.20. The minimum atomic E-state index is 0.163. The van der Waals surface area contributed by atoms with E-state index in [1.54, 1.807) is 0 Å². The molecule has 7 heteroatoms. The summed E-state index contributed by atoms with van der Waals surface area (Å²) in [6, 6.07) is 0.553. The first kappa shape index (κ1) is 12.8. The van der Waals surface area contributed by atoms with E-state index in [0.717, 1.165) is 19.4 Å². The maximum Gasteiger partial charge on any atom is 0.323 e. The fourth-order valence-corrected chi connectivity index (χ4v) is 1.94. The molecule has 0 aliphatic carbocycles. The molecule has 1 fully saturated rings. The Bertz CT molecular complexity index is 401. The zero-order valence-corrected chi connectivity index (χ0v) is 10.7. The molecular formula is C11H19N5O2. The van der Waals surface area contributed by atoms with Gasteiger partial charge in [-0.2, -0.15) is 15.0 Å². The molecule has 0 amide bonds. The van der Waals surface area contributed by atoms with Gasteiger partial charge in [0.05, 0.1) is 12.7 Å². The van der Waals surface area contributed by atoms with Crippen LogP contribution in [0.15, 0.2) is 0 Å². The largest absolute Gasteiger partial charge is 0.464 e. The number of hydrogen-bond acceptors (Lipinski definition) is 7. The van der Waals surface area contributed by atoms with Crippen LogP contribution in [0.5, 0.6) is 6.01 Å². The van der Waals surface area contributed by atoms with Gasteiger partial charge >= 0.3 is 6.01 Å². The van der Waals surface area contributed by atoms with Gasteiger partial charge in [-0.1, -0.05) is 0 Å². The summed E-state index contributed by atoms with van der Waals surface area (Å²) in [4.78, 5) is 12.1. The molecule has 2 atom stereocenters. The molecule has 2 rings (SSSR count). The van der Waals surface area contributed by atoms with Crippen molar-refractivity contribution in [1.82, 2.24) is 15.0 Å². The van der Waals surface area contributed by atoms with Gasteiger partial charge in [-0.25, -0.2) is 0 Å². The van der Waals surface area contributed by atoms with E-state index >= 15 is 0 Å². The molecule has 1 aliphatic rings. The number of anilines is 2. The number of nitrogens with zero attached hydrogens (tertiary/aromatic N) is 3. The lowest BCUT2D eigenvalue weighted by molar-refractivity contribution is 0.0231. The van der Waals surface area contributed by atoms with Crippen molar-refractivity contribution in [1.29, 1.82) is 0 Å². The third-order valence-corrected chi connectivity index (χ3v) is 2.72. The molecule has 7 nitrogen and oxygen atoms in total. The van der Waals surface area contributed by atoms with Gasteiger partial charge in [-0.3, -0.25) is 0 Å². The van der Waals surface area contributed by atoms with Crippen molar-refractivity contribution in [2.45, 2.75) is 38.8 Å². The molecule has 2 unspecified atom stereocenters. The normalized spacial score (nSPS) is 23.7. The first-order chi connectivity index (χ1) is 8.67. The predicted molar refractivity (Wildman–Crippen MR) is 67.5 cm³/mol. The molecule has 1 aliphatic heterocycles. The second-order valence-corrected chi connectivity index (χ2v) is 4.28. The molecule has 18 heavy (non-hydrogen) atoms. The molecule has 0 aromatic carbocycles. The summed E-state index contributed by atoms with van der Waals surface area (Å²) in [5, 5.41) is 3.25. The molecule has 0 radical (unpaired) electrons. The maximum absolute atomic E-state index is 5.62. The molecule has 0 saturated carbocycles. The summed E-state index contributed by atoms with van der Waals surface area (Å²) >= 11 is 0. The van der Waals surface area contributed by atoms with Crippen molar-refractivity contribution in [2.75, 3.05) is 24.3 Å². The van der Waals surface area contributed by atoms with Crippen LogP contribution < -0.4 is 15.8 Å². The standard InChI is InChI=1S/C11H19N5O2/c1-3-17-11-15-9(12)14-10(16-11)13-8-4-5-18-7(2)6-8/h7-8H,3-6H2,1-2H3,(H3,12,13,14,15,16). The fraction of sp³-hybridized carbons (Fsp3) is 0.727. The average molecular weight is 253 g/mol. The van der Waals surface area contributed by atoms with Crippen LogP contribution in [-0.4, -0.2) is 40.3 Å². The Hall–Kier alpha value is -1.63. The molecule has 1 aromatic heterocycles. The molecule has 0 bridgehead atoms. The quantitative estimate of drug-likeness (QED) is 0.820. The number of rotatable bonds is 4. The van der Waals surface area contributed by atoms with E-state index < -0.39 is 0 Å². The van der Waals surface area contributed by atoms with Crippen molar-refractivity contribution in [3.63, 3.8) is 0 Å². The van der Waals surface area contributed by atoms with Crippen molar-refractivity contribution in [3.05, 3.63) is 0 Å². The van der Waals surface area contributed by atoms with Crippen molar-refractivity contribution < 1.29 is 9.47 Å². The van der Waals surface area contributed by atoms with Gasteiger partial charge in [0.15, 0.2) is 0 Å². The highest BCUT2D eigenvalue weighted by Crippen LogP contribution is 2.17. The second-order valence-electron chi connectivity index (χ2n) is 4.28. The first-order valence-electron chi connectivity index (χ1n) is 6.20. The van der Waals surface area contributed by atoms with Gasteiger partial charge in [0.2, 0.25) is 11.9 Å². The predicted octanol–water partition coefficient (Wildman–Crippen LogP) is 0.832. The number of ether oxygens (including phenoxy) is 2. The second kappa shape index (κ2) is 5.81. The third-order valence-electron chi connectivity index (χ3n) is 2.72. The van der Waals surface area contributed by atoms with Crippen LogP contribution >= 0.6 is 0 Å². The van der Waals surface area contributed by atoms with Gasteiger partial charge in [0.25, 0.3) is 0 Å². The lowest BCUT2D eigenvalue weighted by atomic mass is 10.0. The van der Waals surface area contributed by atoms with Gasteiger partial charge in [0.1, 0.15) is 0 Å². The zero-order valence-electron chi connectivity index (χ0n) is 10.7. The third kappa shape index (κ3) is 3.43. The zero-order chi connectivity index (χ0) is 13.0. The van der Waals surface area contributed by atoms with E-state index in [0.29, 0.717) is 18.6 Å². The van der Waals surface area contributed by atoms with E-state index in [-0.39, 0.29) is 18.1 Å². The van der Waals surface area contributed by atoms with Crippen LogP contribution in [0, 0.1) is 0 Å². The van der Waals surface area contributed by atoms with E-state index in [4.69, 9.17) is 15.2 Å². The van der Waals surface area contributed by atoms with E-state index in [1.807, 2.05) is 6.92 Å². The lowest BCUT2D eigenvalue weighted by Gasteiger charge is -2.27. The van der Waals surface area contributed by atoms with E-state index in [2.05, 4.69) is 27.2 Å². The Balaban J connectivity index is 2.03. The minimum absolute atomic E-state index is 0.163. The summed E-state index contributed by atoms with van der Waals surface area (Å²) < 4.78 is 10.7. The van der Waals surface area contributed by atoms with Gasteiger partial charge < -0.3 is 20.5 Å². The van der Waals surface area contributed by atoms with Gasteiger partial charge in [-0.15, -0.1) is 0 Å². The Morgan fingerprint density at radius 3 is 3.00 bits per heavy atom. The molecule has 1 saturated heterocycles. The summed E-state index contributed by atoms with van der Waals surface area (Å²) in [6.45, 7) is 5.17. The number of nitrogens with one attached hydrogen (secondary N) is 1. The minimum Gasteiger partial charge on any atom is -0.464 e. The Labute approximate surface area is 106 Å². The topological polar surface area (TPSA) is 95.2 Å². The summed E-state index contributed by atoms with van der Waals surface area (Å²) in [7, 11) is 0. The summed E-state index contributed by atoms with van der Waals surface area (Å²) in [5.74, 6) is 0.626. The molecule has 3 N–H and O–H groups in total. The van der Waals surface area contributed by atoms with Crippen molar-refractivity contribution in [2.24, 2.45) is 0 Å². The van der Waals surface area contributed by atoms with E-state index in [9.17, 15) is 0 Å². The SMILES string of the molecule is CCOc1nc(N)nc(NC2CCOC(C)C2)n1. The van der Waals surface area contributed by atoms with Crippen LogP contribution in [0.2, 0.25) is 0 Å². The number of nitrogen functional groups attached to an aromatic ring is 1. The van der Waals surface area contributed by atoms with Crippen LogP contribution in [-0.2, 0) is 4.74 Å². The van der Waals surface area contributed by atoms with Crippen LogP contribution in [0.3, 0.4) is 0 Å². The Morgan fingerprint density at radius 1 is 1.44 bits per heavy atom. The van der Waals surface area contributed by atoms with Crippen molar-refractivity contribution >= 4 is 11.9 Å². The van der Waals surface area contributed by atoms with Crippen molar-refractivity contribution in [3.8, 4) is 6.01 Å². The van der Waals surface area contributed by atoms with Crippen LogP contribution in [0.1, 0.15) is 26.7 Å². The fourth-order valence-electron chi connectivity index (χ4n) is 1.94. The molecule has 100 valence electrons. The van der Waals surface area contributed by atoms with Gasteiger partial charge in [-0.05, 0) is 26.7 Å². The molecule has 0 spiro atoms. The Kier molecular flexibility index (Phi) is 4.14. The molecule has 2 heterocycles. The highest BCUT2D eigenvalue weighted by atomic mass is 16.5. The van der Waals surface area contributed by atoms with Crippen LogP contribution in [0.4, 0.5) is 11.9 Å². The van der Waals surface area contributed by atoms with Gasteiger partial charge in [0, 0.05) is 12.6 Å². The van der Waals surface area contributed by atoms with E-state index in [1.165, 1.54) is 0 Å². The highest BCUT2D eigenvalue weighted by molar-refractivity contribution is 5.33. The summed E-state index contributed by atoms with van der Waals surface area (Å²) in [6.07, 6.45) is 2.11. The monoisotopic (exact) mass is 253 g/mol. The Morgan fingerprint density at radius 2 is 2.28 bits per heavy atom. The van der Waals surface area contributed by atoms with Crippen LogP contribution in [0.25, 0.3) is 0 Å². The summed E-state index contributed by atoms with van der Waals surface area (Å²) in [5.41, 5.74) is 5.62. The molecule has 1 aromatic rings. The number of hydrogen-bond donors (Lipinski definition) is 2. The smallest absolute Gasteiger partial charge is 0.323 e. The first-order valence-corrected chi connectivity index (χ1v) is 6.20. The number of nitrogens with two attached hydrogens (primary N) is 1. The average Bonchev–Trinajstić information content (AvgIpc) is 2.28. The number of aromatic nitrogens is 3.